The third-order valence-corrected chi connectivity index (χ3v) is 3.04. The molecule has 1 N–H and O–H groups in total. The zero-order valence-electron chi connectivity index (χ0n) is 7.95. The van der Waals surface area contributed by atoms with Crippen LogP contribution in [0.5, 0.6) is 0 Å². The van der Waals surface area contributed by atoms with Crippen molar-refractivity contribution in [3.63, 3.8) is 0 Å². The Hall–Kier alpha value is -0.770. The Morgan fingerprint density at radius 3 is 2.62 bits per heavy atom. The fourth-order valence-corrected chi connectivity index (χ4v) is 2.22. The first-order chi connectivity index (χ1) is 6.29. The SMILES string of the molecule is CNC(=O)OC1CC2CCN1CC2. The second kappa shape index (κ2) is 3.54. The maximum absolute atomic E-state index is 11.0. The number of hydrogen-bond acceptors (Lipinski definition) is 3. The zero-order valence-corrected chi connectivity index (χ0v) is 7.95. The number of nitrogens with zero attached hydrogens (tertiary/aromatic N) is 1. The molecule has 0 spiro atoms. The van der Waals surface area contributed by atoms with E-state index in [1.165, 1.54) is 12.8 Å². The number of amides is 1. The van der Waals surface area contributed by atoms with Crippen LogP contribution in [0.15, 0.2) is 0 Å². The lowest BCUT2D eigenvalue weighted by Crippen LogP contribution is -2.51. The van der Waals surface area contributed by atoms with Crippen molar-refractivity contribution in [1.82, 2.24) is 10.2 Å². The second-order valence-electron chi connectivity index (χ2n) is 3.83. The Morgan fingerprint density at radius 1 is 1.46 bits per heavy atom. The van der Waals surface area contributed by atoms with Gasteiger partial charge in [0.15, 0.2) is 6.23 Å². The van der Waals surface area contributed by atoms with Crippen molar-refractivity contribution in [2.24, 2.45) is 5.92 Å². The summed E-state index contributed by atoms with van der Waals surface area (Å²) >= 11 is 0. The molecule has 0 aromatic rings. The van der Waals surface area contributed by atoms with Gasteiger partial charge in [-0.05, 0) is 18.8 Å². The molecule has 2 bridgehead atoms. The van der Waals surface area contributed by atoms with Gasteiger partial charge >= 0.3 is 6.09 Å². The van der Waals surface area contributed by atoms with E-state index >= 15 is 0 Å². The van der Waals surface area contributed by atoms with E-state index in [1.54, 1.807) is 7.05 Å². The molecule has 13 heavy (non-hydrogen) atoms. The van der Waals surface area contributed by atoms with Crippen LogP contribution in [0.1, 0.15) is 19.3 Å². The van der Waals surface area contributed by atoms with Gasteiger partial charge in [0, 0.05) is 26.6 Å². The third-order valence-electron chi connectivity index (χ3n) is 3.04. The van der Waals surface area contributed by atoms with E-state index in [4.69, 9.17) is 4.74 Å². The molecule has 0 aliphatic carbocycles. The summed E-state index contributed by atoms with van der Waals surface area (Å²) in [5.41, 5.74) is 0. The Bertz CT molecular complexity index is 200. The van der Waals surface area contributed by atoms with Crippen LogP contribution in [0.4, 0.5) is 4.79 Å². The van der Waals surface area contributed by atoms with Crippen molar-refractivity contribution >= 4 is 6.09 Å². The summed E-state index contributed by atoms with van der Waals surface area (Å²) in [4.78, 5) is 13.3. The minimum atomic E-state index is -0.308. The minimum Gasteiger partial charge on any atom is -0.430 e. The molecule has 1 unspecified atom stereocenters. The summed E-state index contributed by atoms with van der Waals surface area (Å²) in [6.07, 6.45) is 3.29. The molecule has 3 rings (SSSR count). The highest BCUT2D eigenvalue weighted by Gasteiger charge is 2.35. The van der Waals surface area contributed by atoms with Gasteiger partial charge in [-0.3, -0.25) is 4.90 Å². The lowest BCUT2D eigenvalue weighted by Gasteiger charge is -2.44. The second-order valence-corrected chi connectivity index (χ2v) is 3.83. The van der Waals surface area contributed by atoms with E-state index in [0.717, 1.165) is 25.4 Å². The molecule has 0 aromatic carbocycles. The van der Waals surface area contributed by atoms with Gasteiger partial charge in [0.2, 0.25) is 0 Å². The molecule has 3 saturated heterocycles. The molecule has 0 saturated carbocycles. The van der Waals surface area contributed by atoms with Crippen LogP contribution < -0.4 is 5.32 Å². The standard InChI is InChI=1S/C9H16N2O2/c1-10-9(12)13-8-6-7-2-4-11(8)5-3-7/h7-8H,2-6H2,1H3,(H,10,12). The first-order valence-electron chi connectivity index (χ1n) is 4.92. The Labute approximate surface area is 78.2 Å². The third kappa shape index (κ3) is 1.77. The maximum Gasteiger partial charge on any atom is 0.408 e. The van der Waals surface area contributed by atoms with Crippen LogP contribution in [0, 0.1) is 5.92 Å². The van der Waals surface area contributed by atoms with Crippen molar-refractivity contribution in [2.45, 2.75) is 25.5 Å². The van der Waals surface area contributed by atoms with Crippen LogP contribution in [-0.2, 0) is 4.74 Å². The lowest BCUT2D eigenvalue weighted by molar-refractivity contribution is -0.0825. The van der Waals surface area contributed by atoms with E-state index in [1.807, 2.05) is 0 Å². The lowest BCUT2D eigenvalue weighted by atomic mass is 9.87. The van der Waals surface area contributed by atoms with Crippen LogP contribution in [-0.4, -0.2) is 37.4 Å². The first-order valence-corrected chi connectivity index (χ1v) is 4.92. The molecule has 3 heterocycles. The van der Waals surface area contributed by atoms with Gasteiger partial charge < -0.3 is 10.1 Å². The summed E-state index contributed by atoms with van der Waals surface area (Å²) in [5, 5.41) is 2.48. The molecule has 3 aliphatic rings. The molecule has 4 nitrogen and oxygen atoms in total. The van der Waals surface area contributed by atoms with Crippen LogP contribution in [0.2, 0.25) is 0 Å². The highest BCUT2D eigenvalue weighted by molar-refractivity contribution is 5.66. The van der Waals surface area contributed by atoms with E-state index in [-0.39, 0.29) is 12.3 Å². The van der Waals surface area contributed by atoms with Gasteiger partial charge in [-0.2, -0.15) is 0 Å². The van der Waals surface area contributed by atoms with Crippen LogP contribution in [0.3, 0.4) is 0 Å². The molecule has 4 heteroatoms. The normalized spacial score (nSPS) is 37.2. The molecule has 3 fully saturated rings. The van der Waals surface area contributed by atoms with Gasteiger partial charge in [0.05, 0.1) is 0 Å². The summed E-state index contributed by atoms with van der Waals surface area (Å²) in [5.74, 6) is 0.777. The topological polar surface area (TPSA) is 41.6 Å². The highest BCUT2D eigenvalue weighted by atomic mass is 16.6. The fourth-order valence-electron chi connectivity index (χ4n) is 2.22. The van der Waals surface area contributed by atoms with Gasteiger partial charge in [0.25, 0.3) is 0 Å². The minimum absolute atomic E-state index is 0.0347. The number of hydrogen-bond donors (Lipinski definition) is 1. The average molecular weight is 184 g/mol. The van der Waals surface area contributed by atoms with Crippen LogP contribution in [0.25, 0.3) is 0 Å². The van der Waals surface area contributed by atoms with E-state index < -0.39 is 0 Å². The summed E-state index contributed by atoms with van der Waals surface area (Å²) < 4.78 is 5.25. The number of fused-ring (bicyclic) bond motifs is 3. The molecule has 0 radical (unpaired) electrons. The average Bonchev–Trinajstić information content (AvgIpc) is 2.19. The Morgan fingerprint density at radius 2 is 2.15 bits per heavy atom. The Balaban J connectivity index is 1.90. The first kappa shape index (κ1) is 8.81. The largest absolute Gasteiger partial charge is 0.430 e. The van der Waals surface area contributed by atoms with Gasteiger partial charge in [-0.1, -0.05) is 0 Å². The molecular formula is C9H16N2O2. The predicted molar refractivity (Wildman–Crippen MR) is 48.2 cm³/mol. The van der Waals surface area contributed by atoms with Crippen molar-refractivity contribution in [1.29, 1.82) is 0 Å². The van der Waals surface area contributed by atoms with Crippen molar-refractivity contribution < 1.29 is 9.53 Å². The molecule has 1 atom stereocenters. The quantitative estimate of drug-likeness (QED) is 0.655. The smallest absolute Gasteiger partial charge is 0.408 e. The number of carbonyl (C=O) groups is 1. The summed E-state index contributed by atoms with van der Waals surface area (Å²) in [6, 6.07) is 0. The Kier molecular flexibility index (Phi) is 2.40. The summed E-state index contributed by atoms with van der Waals surface area (Å²) in [7, 11) is 1.60. The number of carbonyl (C=O) groups excluding carboxylic acids is 1. The van der Waals surface area contributed by atoms with E-state index in [2.05, 4.69) is 10.2 Å². The van der Waals surface area contributed by atoms with Crippen molar-refractivity contribution in [2.75, 3.05) is 20.1 Å². The molecule has 0 aromatic heterocycles. The van der Waals surface area contributed by atoms with E-state index in [0.29, 0.717) is 0 Å². The fraction of sp³-hybridized carbons (Fsp3) is 0.889. The summed E-state index contributed by atoms with van der Waals surface area (Å²) in [6.45, 7) is 2.18. The molecular weight excluding hydrogens is 168 g/mol. The van der Waals surface area contributed by atoms with Crippen molar-refractivity contribution in [3.05, 3.63) is 0 Å². The molecule has 3 aliphatic heterocycles. The number of ether oxygens (including phenoxy) is 1. The zero-order chi connectivity index (χ0) is 9.26. The van der Waals surface area contributed by atoms with Gasteiger partial charge in [-0.15, -0.1) is 0 Å². The van der Waals surface area contributed by atoms with Gasteiger partial charge in [-0.25, -0.2) is 4.79 Å². The number of alkyl carbamates (subject to hydrolysis) is 1. The monoisotopic (exact) mass is 184 g/mol. The highest BCUT2D eigenvalue weighted by Crippen LogP contribution is 2.32. The van der Waals surface area contributed by atoms with E-state index in [9.17, 15) is 4.79 Å². The predicted octanol–water partition coefficient (Wildman–Crippen LogP) is 0.784. The number of rotatable bonds is 1. The van der Waals surface area contributed by atoms with Crippen LogP contribution >= 0.6 is 0 Å². The number of nitrogens with one attached hydrogen (secondary N) is 1. The molecule has 1 amide bonds. The maximum atomic E-state index is 11.0. The number of piperidine rings is 3. The van der Waals surface area contributed by atoms with Gasteiger partial charge in [0.1, 0.15) is 0 Å². The molecule has 74 valence electrons. The van der Waals surface area contributed by atoms with Crippen molar-refractivity contribution in [3.8, 4) is 0 Å².